The third-order valence-corrected chi connectivity index (χ3v) is 6.17. The Balaban J connectivity index is 1.71. The van der Waals surface area contributed by atoms with E-state index in [0.29, 0.717) is 37.9 Å². The molecule has 0 atom stereocenters. The summed E-state index contributed by atoms with van der Waals surface area (Å²) in [6, 6.07) is 7.83. The lowest BCUT2D eigenvalue weighted by Crippen LogP contribution is -2.37. The van der Waals surface area contributed by atoms with E-state index < -0.39 is 22.8 Å². The second-order valence-electron chi connectivity index (χ2n) is 8.61. The Hall–Kier alpha value is -3.75. The molecule has 0 radical (unpaired) electrons. The smallest absolute Gasteiger partial charge is 0.347 e. The van der Waals surface area contributed by atoms with Crippen molar-refractivity contribution in [2.75, 3.05) is 19.7 Å². The van der Waals surface area contributed by atoms with Crippen molar-refractivity contribution in [3.05, 3.63) is 69.4 Å². The first kappa shape index (κ1) is 24.4. The Kier molecular flexibility index (Phi) is 7.43. The molecule has 1 aromatic carbocycles. The van der Waals surface area contributed by atoms with Crippen LogP contribution in [0.1, 0.15) is 54.1 Å². The summed E-state index contributed by atoms with van der Waals surface area (Å²) in [5.74, 6) is -1.65. The van der Waals surface area contributed by atoms with Crippen molar-refractivity contribution in [1.82, 2.24) is 14.5 Å². The monoisotopic (exact) mass is 481 g/mol. The van der Waals surface area contributed by atoms with Crippen LogP contribution in [0.2, 0.25) is 0 Å². The third kappa shape index (κ3) is 5.34. The van der Waals surface area contributed by atoms with Crippen molar-refractivity contribution < 1.29 is 23.8 Å². The van der Waals surface area contributed by atoms with Crippen molar-refractivity contribution in [2.45, 2.75) is 45.6 Å². The third-order valence-electron chi connectivity index (χ3n) is 6.17. The molecule has 0 aliphatic carbocycles. The average molecular weight is 482 g/mol. The van der Waals surface area contributed by atoms with Crippen LogP contribution in [0.3, 0.4) is 0 Å². The van der Waals surface area contributed by atoms with Gasteiger partial charge in [0.1, 0.15) is 11.3 Å². The number of nitrogens with zero attached hydrogens (tertiary/aromatic N) is 3. The Morgan fingerprint density at radius 3 is 2.63 bits per heavy atom. The fourth-order valence-electron chi connectivity index (χ4n) is 4.41. The molecule has 9 heteroatoms. The van der Waals surface area contributed by atoms with Crippen molar-refractivity contribution in [1.29, 1.82) is 0 Å². The molecular formula is C26H28FN3O5. The van der Waals surface area contributed by atoms with Gasteiger partial charge in [0.25, 0.3) is 5.56 Å². The number of aromatic nitrogens is 2. The number of halogens is 1. The fraction of sp³-hybridized carbons (Fsp3) is 0.385. The predicted molar refractivity (Wildman–Crippen MR) is 128 cm³/mol. The molecule has 3 aromatic rings. The molecule has 184 valence electrons. The summed E-state index contributed by atoms with van der Waals surface area (Å²) in [7, 11) is 0. The number of aryl methyl sites for hydroxylation is 1. The first-order chi connectivity index (χ1) is 16.9. The van der Waals surface area contributed by atoms with Gasteiger partial charge in [-0.1, -0.05) is 12.1 Å². The highest BCUT2D eigenvalue weighted by atomic mass is 19.1. The highest BCUT2D eigenvalue weighted by Crippen LogP contribution is 2.27. The molecular weight excluding hydrogens is 453 g/mol. The number of piperidine rings is 1. The lowest BCUT2D eigenvalue weighted by atomic mass is 10.1. The van der Waals surface area contributed by atoms with Gasteiger partial charge >= 0.3 is 5.97 Å². The number of benzene rings is 1. The average Bonchev–Trinajstić information content (AvgIpc) is 2.84. The number of carbonyl (C=O) groups excluding carboxylic acids is 2. The van der Waals surface area contributed by atoms with Crippen LogP contribution < -0.4 is 5.56 Å². The van der Waals surface area contributed by atoms with E-state index in [9.17, 15) is 23.9 Å². The summed E-state index contributed by atoms with van der Waals surface area (Å²) >= 11 is 0. The molecule has 0 bridgehead atoms. The Labute approximate surface area is 202 Å². The molecule has 1 aliphatic heterocycles. The second-order valence-corrected chi connectivity index (χ2v) is 8.61. The first-order valence-corrected chi connectivity index (χ1v) is 11.8. The van der Waals surface area contributed by atoms with Gasteiger partial charge in [0.15, 0.2) is 11.3 Å². The molecule has 1 aliphatic rings. The van der Waals surface area contributed by atoms with Crippen LogP contribution in [0.4, 0.5) is 4.39 Å². The number of pyridine rings is 2. The molecule has 35 heavy (non-hydrogen) atoms. The first-order valence-electron chi connectivity index (χ1n) is 11.8. The van der Waals surface area contributed by atoms with Crippen LogP contribution in [0, 0.1) is 5.82 Å². The second kappa shape index (κ2) is 10.7. The van der Waals surface area contributed by atoms with E-state index >= 15 is 0 Å². The van der Waals surface area contributed by atoms with Crippen molar-refractivity contribution in [3.8, 4) is 5.75 Å². The zero-order valence-corrected chi connectivity index (χ0v) is 19.6. The van der Waals surface area contributed by atoms with Crippen LogP contribution in [-0.2, 0) is 22.5 Å². The Morgan fingerprint density at radius 2 is 1.91 bits per heavy atom. The molecule has 1 fully saturated rings. The molecule has 3 heterocycles. The Bertz CT molecular complexity index is 1300. The fourth-order valence-corrected chi connectivity index (χ4v) is 4.41. The van der Waals surface area contributed by atoms with Gasteiger partial charge in [-0.15, -0.1) is 0 Å². The number of amides is 1. The van der Waals surface area contributed by atoms with Crippen LogP contribution in [0.15, 0.2) is 41.3 Å². The number of carbonyl (C=O) groups is 2. The molecule has 1 saturated heterocycles. The molecule has 2 aromatic heterocycles. The minimum absolute atomic E-state index is 0.0524. The largest absolute Gasteiger partial charge is 0.505 e. The van der Waals surface area contributed by atoms with Gasteiger partial charge in [0.05, 0.1) is 12.1 Å². The lowest BCUT2D eigenvalue weighted by Gasteiger charge is -2.26. The molecule has 1 N–H and O–H groups in total. The van der Waals surface area contributed by atoms with E-state index in [0.717, 1.165) is 24.0 Å². The summed E-state index contributed by atoms with van der Waals surface area (Å²) < 4.78 is 19.7. The number of likely N-dealkylation sites (tertiary alicyclic amines) is 1. The van der Waals surface area contributed by atoms with Crippen molar-refractivity contribution in [2.24, 2.45) is 0 Å². The van der Waals surface area contributed by atoms with E-state index in [2.05, 4.69) is 4.98 Å². The number of ether oxygens (including phenoxy) is 1. The number of hydrogen-bond donors (Lipinski definition) is 1. The highest BCUT2D eigenvalue weighted by Gasteiger charge is 2.25. The molecule has 1 amide bonds. The van der Waals surface area contributed by atoms with E-state index in [1.807, 2.05) is 0 Å². The van der Waals surface area contributed by atoms with Crippen LogP contribution in [0.25, 0.3) is 11.0 Å². The predicted octanol–water partition coefficient (Wildman–Crippen LogP) is 3.41. The van der Waals surface area contributed by atoms with Gasteiger partial charge in [0.2, 0.25) is 5.91 Å². The molecule has 0 unspecified atom stereocenters. The highest BCUT2D eigenvalue weighted by molar-refractivity contribution is 5.98. The molecule has 0 saturated carbocycles. The quantitative estimate of drug-likeness (QED) is 0.495. The summed E-state index contributed by atoms with van der Waals surface area (Å²) in [6.07, 6.45) is 4.88. The molecule has 8 nitrogen and oxygen atoms in total. The lowest BCUT2D eigenvalue weighted by molar-refractivity contribution is -0.133. The zero-order chi connectivity index (χ0) is 24.9. The maximum Gasteiger partial charge on any atom is 0.347 e. The van der Waals surface area contributed by atoms with Crippen LogP contribution in [-0.4, -0.2) is 51.1 Å². The zero-order valence-electron chi connectivity index (χ0n) is 19.6. The number of fused-ring (bicyclic) bond motifs is 1. The van der Waals surface area contributed by atoms with Gasteiger partial charge in [-0.3, -0.25) is 14.6 Å². The van der Waals surface area contributed by atoms with E-state index in [4.69, 9.17) is 4.74 Å². The molecule has 0 spiro atoms. The maximum absolute atomic E-state index is 13.3. The van der Waals surface area contributed by atoms with Gasteiger partial charge in [0, 0.05) is 32.3 Å². The Morgan fingerprint density at radius 1 is 1.14 bits per heavy atom. The standard InChI is InChI=1S/C26H28FN3O5/c1-2-35-26(34)22-24(32)23-20(15-18(16-28-23)14-17-7-9-19(27)10-8-17)30(25(22)33)13-5-12-29-11-4-3-6-21(29)31/h7-10,15-16,32H,2-6,11-14H2,1H3. The number of hydrogen-bond acceptors (Lipinski definition) is 6. The minimum atomic E-state index is -0.908. The van der Waals surface area contributed by atoms with Gasteiger partial charge < -0.3 is 19.3 Å². The molecule has 4 rings (SSSR count). The normalized spacial score (nSPS) is 13.9. The summed E-state index contributed by atoms with van der Waals surface area (Å²) in [5.41, 5.74) is 0.991. The van der Waals surface area contributed by atoms with Crippen molar-refractivity contribution in [3.63, 3.8) is 0 Å². The number of aromatic hydroxyl groups is 1. The number of rotatable bonds is 8. The van der Waals surface area contributed by atoms with Gasteiger partial charge in [-0.2, -0.15) is 0 Å². The van der Waals surface area contributed by atoms with Crippen LogP contribution >= 0.6 is 0 Å². The van der Waals surface area contributed by atoms with E-state index in [1.54, 1.807) is 36.2 Å². The van der Waals surface area contributed by atoms with E-state index in [1.165, 1.54) is 16.7 Å². The topological polar surface area (TPSA) is 102 Å². The number of esters is 1. The maximum atomic E-state index is 13.3. The minimum Gasteiger partial charge on any atom is -0.505 e. The van der Waals surface area contributed by atoms with Crippen molar-refractivity contribution >= 4 is 22.9 Å². The summed E-state index contributed by atoms with van der Waals surface area (Å²) in [4.78, 5) is 44.1. The van der Waals surface area contributed by atoms with E-state index in [-0.39, 0.29) is 30.4 Å². The van der Waals surface area contributed by atoms with Gasteiger partial charge in [-0.05, 0) is 61.9 Å². The van der Waals surface area contributed by atoms with Crippen LogP contribution in [0.5, 0.6) is 5.75 Å². The SMILES string of the molecule is CCOC(=O)c1c(O)c2ncc(Cc3ccc(F)cc3)cc2n(CCCN2CCCCC2=O)c1=O. The summed E-state index contributed by atoms with van der Waals surface area (Å²) in [6.45, 7) is 3.08. The van der Waals surface area contributed by atoms with Gasteiger partial charge in [-0.25, -0.2) is 9.18 Å². The summed E-state index contributed by atoms with van der Waals surface area (Å²) in [5, 5.41) is 10.8.